The van der Waals surface area contributed by atoms with Gasteiger partial charge in [0.2, 0.25) is 5.91 Å². The molecule has 2 aliphatic rings. The van der Waals surface area contributed by atoms with Crippen LogP contribution in [0.25, 0.3) is 0 Å². The molecule has 1 amide bonds. The molecule has 4 unspecified atom stereocenters. The predicted molar refractivity (Wildman–Crippen MR) is 80.4 cm³/mol. The number of rotatable bonds is 2. The van der Waals surface area contributed by atoms with Crippen molar-refractivity contribution in [1.29, 1.82) is 0 Å². The van der Waals surface area contributed by atoms with Gasteiger partial charge in [0.05, 0.1) is 5.92 Å². The third kappa shape index (κ3) is 2.47. The third-order valence-electron chi connectivity index (χ3n) is 5.20. The van der Waals surface area contributed by atoms with E-state index < -0.39 is 0 Å². The average Bonchev–Trinajstić information content (AvgIpc) is 2.78. The van der Waals surface area contributed by atoms with Crippen LogP contribution in [0, 0.1) is 11.8 Å². The summed E-state index contributed by atoms with van der Waals surface area (Å²) < 4.78 is 0. The lowest BCUT2D eigenvalue weighted by Crippen LogP contribution is -2.44. The van der Waals surface area contributed by atoms with Gasteiger partial charge in [-0.25, -0.2) is 0 Å². The Kier molecular flexibility index (Phi) is 3.79. The highest BCUT2D eigenvalue weighted by Gasteiger charge is 2.33. The van der Waals surface area contributed by atoms with Crippen molar-refractivity contribution < 1.29 is 4.79 Å². The number of amides is 1. The summed E-state index contributed by atoms with van der Waals surface area (Å²) in [6.07, 6.45) is 2.35. The zero-order valence-corrected chi connectivity index (χ0v) is 12.4. The molecule has 0 radical (unpaired) electrons. The molecule has 1 aliphatic carbocycles. The van der Waals surface area contributed by atoms with Crippen LogP contribution in [0.4, 0.5) is 0 Å². The first kappa shape index (κ1) is 13.6. The van der Waals surface area contributed by atoms with E-state index in [0.717, 1.165) is 25.4 Å². The van der Waals surface area contributed by atoms with Gasteiger partial charge in [-0.05, 0) is 35.8 Å². The Bertz CT molecular complexity index is 500. The summed E-state index contributed by atoms with van der Waals surface area (Å²) in [7, 11) is 0. The second kappa shape index (κ2) is 5.57. The molecule has 3 heteroatoms. The van der Waals surface area contributed by atoms with Gasteiger partial charge in [-0.3, -0.25) is 4.79 Å². The fraction of sp³-hybridized carbons (Fsp3) is 0.588. The van der Waals surface area contributed by atoms with E-state index in [1.54, 1.807) is 0 Å². The predicted octanol–water partition coefficient (Wildman–Crippen LogP) is 2.42. The normalized spacial score (nSPS) is 32.7. The molecule has 1 heterocycles. The second-order valence-corrected chi connectivity index (χ2v) is 6.41. The van der Waals surface area contributed by atoms with Crippen LogP contribution < -0.4 is 10.6 Å². The maximum atomic E-state index is 12.6. The summed E-state index contributed by atoms with van der Waals surface area (Å²) in [5, 5.41) is 6.65. The van der Waals surface area contributed by atoms with Crippen LogP contribution >= 0.6 is 0 Å². The molecule has 3 nitrogen and oxygen atoms in total. The Hall–Kier alpha value is -1.35. The number of benzene rings is 1. The van der Waals surface area contributed by atoms with Crippen LogP contribution in [0.15, 0.2) is 24.3 Å². The van der Waals surface area contributed by atoms with Gasteiger partial charge in [0.15, 0.2) is 0 Å². The summed E-state index contributed by atoms with van der Waals surface area (Å²) in [5.74, 6) is 1.46. The Morgan fingerprint density at radius 2 is 2.05 bits per heavy atom. The van der Waals surface area contributed by atoms with Crippen molar-refractivity contribution in [3.05, 3.63) is 35.4 Å². The maximum absolute atomic E-state index is 12.6. The Labute approximate surface area is 121 Å². The number of carbonyl (C=O) groups is 1. The monoisotopic (exact) mass is 272 g/mol. The molecule has 1 saturated carbocycles. The van der Waals surface area contributed by atoms with E-state index in [0.29, 0.717) is 12.0 Å². The van der Waals surface area contributed by atoms with Crippen LogP contribution in [0.2, 0.25) is 0 Å². The van der Waals surface area contributed by atoms with E-state index in [4.69, 9.17) is 0 Å². The van der Waals surface area contributed by atoms with Crippen molar-refractivity contribution in [3.63, 3.8) is 0 Å². The molecule has 2 N–H and O–H groups in total. The van der Waals surface area contributed by atoms with Crippen LogP contribution in [0.5, 0.6) is 0 Å². The molecule has 4 atom stereocenters. The zero-order valence-electron chi connectivity index (χ0n) is 12.4. The highest BCUT2D eigenvalue weighted by Crippen LogP contribution is 2.32. The van der Waals surface area contributed by atoms with Crippen molar-refractivity contribution in [3.8, 4) is 0 Å². The van der Waals surface area contributed by atoms with Gasteiger partial charge in [-0.15, -0.1) is 0 Å². The van der Waals surface area contributed by atoms with E-state index in [1.807, 2.05) is 12.1 Å². The van der Waals surface area contributed by atoms with Gasteiger partial charge in [-0.1, -0.05) is 38.1 Å². The summed E-state index contributed by atoms with van der Waals surface area (Å²) in [4.78, 5) is 12.6. The highest BCUT2D eigenvalue weighted by molar-refractivity contribution is 5.85. The van der Waals surface area contributed by atoms with Crippen molar-refractivity contribution in [2.75, 3.05) is 6.54 Å². The summed E-state index contributed by atoms with van der Waals surface area (Å²) >= 11 is 0. The Morgan fingerprint density at radius 1 is 1.25 bits per heavy atom. The molecule has 0 aromatic heterocycles. The van der Waals surface area contributed by atoms with E-state index in [-0.39, 0.29) is 11.8 Å². The molecule has 0 spiro atoms. The first-order valence-electron chi connectivity index (χ1n) is 7.75. The summed E-state index contributed by atoms with van der Waals surface area (Å²) in [6.45, 7) is 6.17. The van der Waals surface area contributed by atoms with Crippen molar-refractivity contribution in [1.82, 2.24) is 10.6 Å². The molecule has 1 aliphatic heterocycles. The molecule has 108 valence electrons. The molecule has 0 bridgehead atoms. The zero-order chi connectivity index (χ0) is 14.1. The van der Waals surface area contributed by atoms with E-state index in [1.165, 1.54) is 17.5 Å². The first-order valence-corrected chi connectivity index (χ1v) is 7.75. The van der Waals surface area contributed by atoms with E-state index in [9.17, 15) is 4.79 Å². The molecule has 0 saturated heterocycles. The number of fused-ring (bicyclic) bond motifs is 1. The summed E-state index contributed by atoms with van der Waals surface area (Å²) in [5.41, 5.74) is 2.45. The van der Waals surface area contributed by atoms with Crippen LogP contribution in [-0.2, 0) is 11.3 Å². The molecule has 20 heavy (non-hydrogen) atoms. The van der Waals surface area contributed by atoms with Gasteiger partial charge in [0, 0.05) is 19.1 Å². The van der Waals surface area contributed by atoms with E-state index in [2.05, 4.69) is 36.6 Å². The minimum atomic E-state index is -0.0388. The molecular formula is C17H24N2O. The third-order valence-corrected chi connectivity index (χ3v) is 5.20. The Balaban J connectivity index is 1.72. The van der Waals surface area contributed by atoms with E-state index >= 15 is 0 Å². The molecular weight excluding hydrogens is 248 g/mol. The van der Waals surface area contributed by atoms with Gasteiger partial charge in [0.1, 0.15) is 0 Å². The number of nitrogens with one attached hydrogen (secondary N) is 2. The quantitative estimate of drug-likeness (QED) is 0.868. The first-order chi connectivity index (χ1) is 9.66. The topological polar surface area (TPSA) is 41.1 Å². The lowest BCUT2D eigenvalue weighted by molar-refractivity contribution is -0.123. The smallest absolute Gasteiger partial charge is 0.229 e. The summed E-state index contributed by atoms with van der Waals surface area (Å²) in [6, 6.07) is 8.64. The van der Waals surface area contributed by atoms with Crippen molar-refractivity contribution in [2.24, 2.45) is 11.8 Å². The Morgan fingerprint density at radius 3 is 2.80 bits per heavy atom. The van der Waals surface area contributed by atoms with Gasteiger partial charge < -0.3 is 10.6 Å². The van der Waals surface area contributed by atoms with Crippen LogP contribution in [0.3, 0.4) is 0 Å². The minimum absolute atomic E-state index is 0.0388. The second-order valence-electron chi connectivity index (χ2n) is 6.41. The average molecular weight is 272 g/mol. The largest absolute Gasteiger partial charge is 0.353 e. The fourth-order valence-electron chi connectivity index (χ4n) is 3.58. The lowest BCUT2D eigenvalue weighted by Gasteiger charge is -2.28. The highest BCUT2D eigenvalue weighted by atomic mass is 16.2. The van der Waals surface area contributed by atoms with Gasteiger partial charge in [-0.2, -0.15) is 0 Å². The van der Waals surface area contributed by atoms with Crippen molar-refractivity contribution >= 4 is 5.91 Å². The fourth-order valence-corrected chi connectivity index (χ4v) is 3.58. The lowest BCUT2D eigenvalue weighted by atomic mass is 9.89. The van der Waals surface area contributed by atoms with Crippen molar-refractivity contribution in [2.45, 2.75) is 45.2 Å². The van der Waals surface area contributed by atoms with Crippen LogP contribution in [0.1, 0.15) is 43.7 Å². The molecule has 1 aromatic rings. The molecule has 3 rings (SSSR count). The molecule has 1 aromatic carbocycles. The number of hydrogen-bond acceptors (Lipinski definition) is 2. The maximum Gasteiger partial charge on any atom is 0.229 e. The number of carbonyl (C=O) groups excluding carboxylic acids is 1. The van der Waals surface area contributed by atoms with Crippen LogP contribution in [-0.4, -0.2) is 18.5 Å². The van der Waals surface area contributed by atoms with Gasteiger partial charge >= 0.3 is 0 Å². The number of hydrogen-bond donors (Lipinski definition) is 2. The standard InChI is InChI=1S/C17H24N2O/c1-11-7-8-16(12(11)2)19-17(20)15-10-18-9-13-5-3-4-6-14(13)15/h3-6,11-12,15-16,18H,7-10H2,1-2H3,(H,19,20). The van der Waals surface area contributed by atoms with Gasteiger partial charge in [0.25, 0.3) is 0 Å². The SMILES string of the molecule is CC1CCC(NC(=O)C2CNCc3ccccc32)C1C. The minimum Gasteiger partial charge on any atom is -0.353 e. The molecule has 1 fully saturated rings.